The van der Waals surface area contributed by atoms with Gasteiger partial charge in [0, 0.05) is 0 Å². The lowest BCUT2D eigenvalue weighted by Crippen LogP contribution is -2.27. The number of hydrogen-bond acceptors (Lipinski definition) is 5. The quantitative estimate of drug-likeness (QED) is 0.445. The molecule has 2 aromatic rings. The molecule has 0 spiro atoms. The van der Waals surface area contributed by atoms with Crippen molar-refractivity contribution < 1.29 is 23.7 Å². The van der Waals surface area contributed by atoms with Crippen molar-refractivity contribution in [1.82, 2.24) is 0 Å². The summed E-state index contributed by atoms with van der Waals surface area (Å²) < 4.78 is 22.4. The SMILES string of the molecule is [C-]#[N+]c1ccc(Oc2ccc3c(c2)COB3C)c(OCC(=O)OC(C)(C)C)c1. The van der Waals surface area contributed by atoms with Gasteiger partial charge in [-0.15, -0.1) is 0 Å². The Bertz CT molecular complexity index is 929. The molecule has 0 saturated carbocycles. The molecule has 144 valence electrons. The van der Waals surface area contributed by atoms with Crippen LogP contribution < -0.4 is 14.9 Å². The van der Waals surface area contributed by atoms with E-state index in [1.54, 1.807) is 39.0 Å². The van der Waals surface area contributed by atoms with E-state index in [0.717, 1.165) is 11.0 Å². The summed E-state index contributed by atoms with van der Waals surface area (Å²) in [6.45, 7) is 14.9. The van der Waals surface area contributed by atoms with Gasteiger partial charge in [0.1, 0.15) is 11.4 Å². The molecule has 0 atom stereocenters. The molecule has 1 aliphatic rings. The number of carbonyl (C=O) groups is 1. The number of hydrogen-bond donors (Lipinski definition) is 0. The number of nitrogens with zero attached hydrogens (tertiary/aromatic N) is 1. The van der Waals surface area contributed by atoms with Gasteiger partial charge in [0.2, 0.25) is 0 Å². The first kappa shape index (κ1) is 19.8. The molecule has 2 aromatic carbocycles. The second-order valence-corrected chi connectivity index (χ2v) is 7.53. The lowest BCUT2D eigenvalue weighted by atomic mass is 9.64. The third-order valence-corrected chi connectivity index (χ3v) is 4.09. The van der Waals surface area contributed by atoms with Crippen molar-refractivity contribution >= 4 is 24.0 Å². The maximum Gasteiger partial charge on any atom is 0.344 e. The van der Waals surface area contributed by atoms with Crippen LogP contribution in [0.15, 0.2) is 36.4 Å². The predicted octanol–water partition coefficient (Wildman–Crippen LogP) is 4.11. The van der Waals surface area contributed by atoms with Crippen LogP contribution in [-0.2, 0) is 20.8 Å². The number of carbonyl (C=O) groups excluding carboxylic acids is 1. The highest BCUT2D eigenvalue weighted by molar-refractivity contribution is 6.67. The van der Waals surface area contributed by atoms with E-state index in [-0.39, 0.29) is 13.5 Å². The van der Waals surface area contributed by atoms with Crippen molar-refractivity contribution in [2.45, 2.75) is 39.8 Å². The smallest absolute Gasteiger partial charge is 0.344 e. The zero-order valence-electron chi connectivity index (χ0n) is 16.4. The molecular formula is C21H22BNO5. The van der Waals surface area contributed by atoms with Crippen LogP contribution in [0.1, 0.15) is 26.3 Å². The first-order valence-corrected chi connectivity index (χ1v) is 9.03. The van der Waals surface area contributed by atoms with Crippen LogP contribution in [0.2, 0.25) is 6.82 Å². The van der Waals surface area contributed by atoms with Gasteiger partial charge in [-0.25, -0.2) is 9.64 Å². The first-order chi connectivity index (χ1) is 13.2. The third-order valence-electron chi connectivity index (χ3n) is 4.09. The highest BCUT2D eigenvalue weighted by Crippen LogP contribution is 2.35. The summed E-state index contributed by atoms with van der Waals surface area (Å²) in [4.78, 5) is 15.4. The van der Waals surface area contributed by atoms with Gasteiger partial charge in [-0.05, 0) is 56.1 Å². The Labute approximate surface area is 165 Å². The van der Waals surface area contributed by atoms with E-state index < -0.39 is 11.6 Å². The Balaban J connectivity index is 1.77. The van der Waals surface area contributed by atoms with Gasteiger partial charge in [-0.1, -0.05) is 19.0 Å². The minimum Gasteiger partial charge on any atom is -0.479 e. The number of esters is 1. The van der Waals surface area contributed by atoms with Crippen molar-refractivity contribution in [2.24, 2.45) is 0 Å². The molecule has 0 N–H and O–H groups in total. The molecule has 7 heteroatoms. The molecule has 1 aliphatic heterocycles. The van der Waals surface area contributed by atoms with Crippen molar-refractivity contribution in [3.63, 3.8) is 0 Å². The lowest BCUT2D eigenvalue weighted by Gasteiger charge is -2.20. The van der Waals surface area contributed by atoms with Crippen molar-refractivity contribution in [1.29, 1.82) is 0 Å². The largest absolute Gasteiger partial charge is 0.479 e. The van der Waals surface area contributed by atoms with E-state index in [0.29, 0.717) is 29.5 Å². The summed E-state index contributed by atoms with van der Waals surface area (Å²) in [5, 5.41) is 0. The molecule has 0 amide bonds. The summed E-state index contributed by atoms with van der Waals surface area (Å²) >= 11 is 0. The standard InChI is InChI=1S/C21H22BNO5/c1-21(2,3)28-20(24)13-25-19-11-15(23-5)6-9-18(19)27-16-7-8-17-14(10-16)12-26-22(17)4/h6-11H,12-13H2,1-4H3. The van der Waals surface area contributed by atoms with Gasteiger partial charge in [0.05, 0.1) is 13.2 Å². The van der Waals surface area contributed by atoms with Gasteiger partial charge in [-0.2, -0.15) is 0 Å². The number of benzene rings is 2. The van der Waals surface area contributed by atoms with E-state index in [9.17, 15) is 4.79 Å². The van der Waals surface area contributed by atoms with Crippen LogP contribution in [0.5, 0.6) is 17.2 Å². The molecule has 0 unspecified atom stereocenters. The molecule has 28 heavy (non-hydrogen) atoms. The molecule has 6 nitrogen and oxygen atoms in total. The Kier molecular flexibility index (Phi) is 5.62. The maximum atomic E-state index is 12.0. The average Bonchev–Trinajstić information content (AvgIpc) is 3.00. The van der Waals surface area contributed by atoms with Gasteiger partial charge in [0.25, 0.3) is 0 Å². The summed E-state index contributed by atoms with van der Waals surface area (Å²) in [7, 11) is 0. The molecular weight excluding hydrogens is 357 g/mol. The molecule has 1 heterocycles. The fourth-order valence-corrected chi connectivity index (χ4v) is 2.87. The highest BCUT2D eigenvalue weighted by atomic mass is 16.6. The van der Waals surface area contributed by atoms with Crippen LogP contribution >= 0.6 is 0 Å². The first-order valence-electron chi connectivity index (χ1n) is 9.03. The van der Waals surface area contributed by atoms with Crippen molar-refractivity contribution in [3.05, 3.63) is 53.4 Å². The topological polar surface area (TPSA) is 58.3 Å². The normalized spacial score (nSPS) is 12.9. The monoisotopic (exact) mass is 379 g/mol. The van der Waals surface area contributed by atoms with E-state index in [1.807, 2.05) is 25.0 Å². The van der Waals surface area contributed by atoms with Gasteiger partial charge < -0.3 is 18.9 Å². The van der Waals surface area contributed by atoms with Gasteiger partial charge in [-0.3, -0.25) is 0 Å². The number of fused-ring (bicyclic) bond motifs is 1. The lowest BCUT2D eigenvalue weighted by molar-refractivity contribution is -0.157. The maximum absolute atomic E-state index is 12.0. The Morgan fingerprint density at radius 2 is 2.00 bits per heavy atom. The Morgan fingerprint density at radius 1 is 1.21 bits per heavy atom. The molecule has 0 aromatic heterocycles. The van der Waals surface area contributed by atoms with Crippen molar-refractivity contribution in [3.8, 4) is 17.2 Å². The molecule has 3 rings (SSSR count). The number of rotatable bonds is 5. The molecule has 0 radical (unpaired) electrons. The fourth-order valence-electron chi connectivity index (χ4n) is 2.87. The zero-order valence-corrected chi connectivity index (χ0v) is 16.4. The van der Waals surface area contributed by atoms with Gasteiger partial charge >= 0.3 is 12.9 Å². The van der Waals surface area contributed by atoms with Crippen LogP contribution in [0.3, 0.4) is 0 Å². The van der Waals surface area contributed by atoms with Crippen LogP contribution in [0, 0.1) is 6.57 Å². The summed E-state index contributed by atoms with van der Waals surface area (Å²) in [6.07, 6.45) is 0. The minimum absolute atomic E-state index is 0.0784. The highest BCUT2D eigenvalue weighted by Gasteiger charge is 2.24. The minimum atomic E-state index is -0.595. The van der Waals surface area contributed by atoms with Crippen LogP contribution in [-0.4, -0.2) is 25.1 Å². The third kappa shape index (κ3) is 4.84. The molecule has 0 aliphatic carbocycles. The van der Waals surface area contributed by atoms with Crippen LogP contribution in [0.4, 0.5) is 5.69 Å². The van der Waals surface area contributed by atoms with Gasteiger partial charge in [0.15, 0.2) is 23.8 Å². The van der Waals surface area contributed by atoms with E-state index in [4.69, 9.17) is 25.4 Å². The second kappa shape index (κ2) is 7.95. The van der Waals surface area contributed by atoms with E-state index in [2.05, 4.69) is 4.85 Å². The molecule has 0 fully saturated rings. The van der Waals surface area contributed by atoms with Crippen LogP contribution in [0.25, 0.3) is 4.85 Å². The van der Waals surface area contributed by atoms with E-state index >= 15 is 0 Å². The van der Waals surface area contributed by atoms with Crippen molar-refractivity contribution in [2.75, 3.05) is 6.61 Å². The zero-order chi connectivity index (χ0) is 20.3. The summed E-state index contributed by atoms with van der Waals surface area (Å²) in [5.41, 5.74) is 2.03. The Hall–Kier alpha value is -2.98. The number of ether oxygens (including phenoxy) is 3. The fraction of sp³-hybridized carbons (Fsp3) is 0.333. The Morgan fingerprint density at radius 3 is 2.71 bits per heavy atom. The summed E-state index contributed by atoms with van der Waals surface area (Å²) in [6, 6.07) is 10.6. The molecule has 0 saturated heterocycles. The molecule has 0 bridgehead atoms. The summed E-state index contributed by atoms with van der Waals surface area (Å²) in [5.74, 6) is 0.872. The average molecular weight is 379 g/mol. The van der Waals surface area contributed by atoms with E-state index in [1.165, 1.54) is 0 Å². The second-order valence-electron chi connectivity index (χ2n) is 7.53. The predicted molar refractivity (Wildman–Crippen MR) is 107 cm³/mol.